The van der Waals surface area contributed by atoms with Crippen molar-refractivity contribution in [3.63, 3.8) is 0 Å². The molecule has 2 nitrogen and oxygen atoms in total. The van der Waals surface area contributed by atoms with Crippen LogP contribution in [0.4, 0.5) is 8.78 Å². The lowest BCUT2D eigenvalue weighted by atomic mass is 10.0. The smallest absolute Gasteiger partial charge is 0.153 e. The molecule has 0 saturated heterocycles. The zero-order valence-electron chi connectivity index (χ0n) is 11.0. The van der Waals surface area contributed by atoms with Gasteiger partial charge < -0.3 is 9.52 Å². The summed E-state index contributed by atoms with van der Waals surface area (Å²) in [6.45, 7) is 1.50. The first kappa shape index (κ1) is 14.0. The number of hydrogen-bond donors (Lipinski definition) is 1. The van der Waals surface area contributed by atoms with Crippen LogP contribution >= 0.6 is 11.6 Å². The molecule has 0 fully saturated rings. The summed E-state index contributed by atoms with van der Waals surface area (Å²) in [5, 5.41) is 11.3. The molecule has 0 bridgehead atoms. The highest BCUT2D eigenvalue weighted by Gasteiger charge is 2.24. The maximum absolute atomic E-state index is 14.1. The SMILES string of the molecule is Cc1ccc(F)c(C(O)c2cc3cccc(Cl)c3o2)c1F. The van der Waals surface area contributed by atoms with E-state index >= 15 is 0 Å². The third-order valence-corrected chi connectivity index (χ3v) is 3.68. The van der Waals surface area contributed by atoms with Crippen LogP contribution < -0.4 is 0 Å². The van der Waals surface area contributed by atoms with Gasteiger partial charge in [0.1, 0.15) is 23.5 Å². The Bertz CT molecular complexity index is 827. The number of halogens is 3. The van der Waals surface area contributed by atoms with Crippen LogP contribution in [0.3, 0.4) is 0 Å². The van der Waals surface area contributed by atoms with E-state index in [1.165, 1.54) is 19.1 Å². The fourth-order valence-electron chi connectivity index (χ4n) is 2.25. The lowest BCUT2D eigenvalue weighted by Crippen LogP contribution is -2.06. The molecule has 2 aromatic carbocycles. The van der Waals surface area contributed by atoms with Gasteiger partial charge in [-0.25, -0.2) is 8.78 Å². The van der Waals surface area contributed by atoms with Crippen molar-refractivity contribution in [3.8, 4) is 0 Å². The summed E-state index contributed by atoms with van der Waals surface area (Å²) < 4.78 is 33.3. The van der Waals surface area contributed by atoms with Crippen molar-refractivity contribution in [2.24, 2.45) is 0 Å². The molecule has 21 heavy (non-hydrogen) atoms. The zero-order valence-corrected chi connectivity index (χ0v) is 11.8. The standard InChI is InChI=1S/C16H11ClF2O2/c1-8-5-6-11(18)13(14(8)19)15(20)12-7-9-3-2-4-10(17)16(9)21-12/h2-7,15,20H,1H3. The summed E-state index contributed by atoms with van der Waals surface area (Å²) in [7, 11) is 0. The third kappa shape index (κ3) is 2.30. The number of hydrogen-bond acceptors (Lipinski definition) is 2. The second-order valence-corrected chi connectivity index (χ2v) is 5.21. The van der Waals surface area contributed by atoms with Gasteiger partial charge in [0.15, 0.2) is 5.58 Å². The molecule has 0 radical (unpaired) electrons. The van der Waals surface area contributed by atoms with Gasteiger partial charge in [-0.15, -0.1) is 0 Å². The predicted octanol–water partition coefficient (Wildman–Crippen LogP) is 4.75. The average molecular weight is 309 g/mol. The average Bonchev–Trinajstić information content (AvgIpc) is 2.89. The summed E-state index contributed by atoms with van der Waals surface area (Å²) in [6, 6.07) is 9.06. The highest BCUT2D eigenvalue weighted by molar-refractivity contribution is 6.34. The lowest BCUT2D eigenvalue weighted by Gasteiger charge is -2.12. The number of aryl methyl sites for hydroxylation is 1. The molecule has 5 heteroatoms. The summed E-state index contributed by atoms with van der Waals surface area (Å²) in [6.07, 6.45) is -1.53. The van der Waals surface area contributed by atoms with Crippen LogP contribution in [-0.2, 0) is 0 Å². The molecule has 3 rings (SSSR count). The van der Waals surface area contributed by atoms with Crippen LogP contribution in [0.15, 0.2) is 40.8 Å². The van der Waals surface area contributed by atoms with Gasteiger partial charge in [0.05, 0.1) is 10.6 Å². The summed E-state index contributed by atoms with van der Waals surface area (Å²) in [5.74, 6) is -1.56. The second kappa shape index (κ2) is 5.13. The number of benzene rings is 2. The van der Waals surface area contributed by atoms with Gasteiger partial charge in [0, 0.05) is 5.39 Å². The van der Waals surface area contributed by atoms with E-state index in [0.29, 0.717) is 16.0 Å². The molecule has 0 amide bonds. The van der Waals surface area contributed by atoms with Gasteiger partial charge in [-0.05, 0) is 30.7 Å². The molecular formula is C16H11ClF2O2. The fraction of sp³-hybridized carbons (Fsp3) is 0.125. The Morgan fingerprint density at radius 3 is 2.67 bits per heavy atom. The Morgan fingerprint density at radius 1 is 1.19 bits per heavy atom. The molecule has 1 N–H and O–H groups in total. The van der Waals surface area contributed by atoms with Crippen molar-refractivity contribution < 1.29 is 18.3 Å². The zero-order chi connectivity index (χ0) is 15.1. The van der Waals surface area contributed by atoms with Crippen LogP contribution in [0.25, 0.3) is 11.0 Å². The second-order valence-electron chi connectivity index (χ2n) is 4.80. The molecule has 1 atom stereocenters. The van der Waals surface area contributed by atoms with E-state index in [2.05, 4.69) is 0 Å². The van der Waals surface area contributed by atoms with Crippen LogP contribution in [0.2, 0.25) is 5.02 Å². The molecule has 0 saturated carbocycles. The van der Waals surface area contributed by atoms with E-state index in [4.69, 9.17) is 16.0 Å². The van der Waals surface area contributed by atoms with Crippen molar-refractivity contribution in [1.29, 1.82) is 0 Å². The topological polar surface area (TPSA) is 33.4 Å². The minimum absolute atomic E-state index is 0.0431. The Kier molecular flexibility index (Phi) is 3.43. The molecule has 108 valence electrons. The van der Waals surface area contributed by atoms with Crippen molar-refractivity contribution >= 4 is 22.6 Å². The van der Waals surface area contributed by atoms with E-state index in [0.717, 1.165) is 6.07 Å². The fourth-order valence-corrected chi connectivity index (χ4v) is 2.47. The van der Waals surface area contributed by atoms with E-state index in [1.54, 1.807) is 18.2 Å². The number of furan rings is 1. The first-order valence-electron chi connectivity index (χ1n) is 6.29. The van der Waals surface area contributed by atoms with Crippen LogP contribution in [0.5, 0.6) is 0 Å². The number of fused-ring (bicyclic) bond motifs is 1. The molecule has 1 heterocycles. The molecule has 0 aliphatic heterocycles. The normalized spacial score (nSPS) is 12.8. The van der Waals surface area contributed by atoms with E-state index < -0.39 is 23.3 Å². The number of para-hydroxylation sites is 1. The van der Waals surface area contributed by atoms with Gasteiger partial charge in [-0.3, -0.25) is 0 Å². The Hall–Kier alpha value is -1.91. The highest BCUT2D eigenvalue weighted by Crippen LogP contribution is 2.34. The van der Waals surface area contributed by atoms with E-state index in [9.17, 15) is 13.9 Å². The molecule has 0 aliphatic rings. The Labute approximate surface area is 124 Å². The van der Waals surface area contributed by atoms with Gasteiger partial charge in [-0.2, -0.15) is 0 Å². The van der Waals surface area contributed by atoms with Crippen molar-refractivity contribution in [2.45, 2.75) is 13.0 Å². The number of rotatable bonds is 2. The van der Waals surface area contributed by atoms with Crippen molar-refractivity contribution in [3.05, 3.63) is 69.9 Å². The molecule has 1 aromatic heterocycles. The van der Waals surface area contributed by atoms with Crippen molar-refractivity contribution in [2.75, 3.05) is 0 Å². The molecule has 0 spiro atoms. The van der Waals surface area contributed by atoms with Crippen LogP contribution in [-0.4, -0.2) is 5.11 Å². The summed E-state index contributed by atoms with van der Waals surface area (Å²) in [4.78, 5) is 0. The van der Waals surface area contributed by atoms with Gasteiger partial charge in [-0.1, -0.05) is 29.8 Å². The van der Waals surface area contributed by atoms with E-state index in [1.807, 2.05) is 0 Å². The quantitative estimate of drug-likeness (QED) is 0.741. The van der Waals surface area contributed by atoms with Gasteiger partial charge in [0.2, 0.25) is 0 Å². The molecule has 1 unspecified atom stereocenters. The predicted molar refractivity (Wildman–Crippen MR) is 76.4 cm³/mol. The van der Waals surface area contributed by atoms with Crippen LogP contribution in [0.1, 0.15) is 23.0 Å². The van der Waals surface area contributed by atoms with Crippen LogP contribution in [0, 0.1) is 18.6 Å². The monoisotopic (exact) mass is 308 g/mol. The summed E-state index contributed by atoms with van der Waals surface area (Å²) >= 11 is 5.99. The first-order valence-corrected chi connectivity index (χ1v) is 6.67. The Balaban J connectivity index is 2.15. The minimum Gasteiger partial charge on any atom is -0.456 e. The van der Waals surface area contributed by atoms with Crippen molar-refractivity contribution in [1.82, 2.24) is 0 Å². The lowest BCUT2D eigenvalue weighted by molar-refractivity contribution is 0.182. The van der Waals surface area contributed by atoms with Gasteiger partial charge >= 0.3 is 0 Å². The Morgan fingerprint density at radius 2 is 1.95 bits per heavy atom. The van der Waals surface area contributed by atoms with E-state index in [-0.39, 0.29) is 11.3 Å². The highest BCUT2D eigenvalue weighted by atomic mass is 35.5. The third-order valence-electron chi connectivity index (χ3n) is 3.38. The minimum atomic E-state index is -1.53. The largest absolute Gasteiger partial charge is 0.456 e. The molecule has 3 aromatic rings. The number of aliphatic hydroxyl groups excluding tert-OH is 1. The van der Waals surface area contributed by atoms with Gasteiger partial charge in [0.25, 0.3) is 0 Å². The molecular weight excluding hydrogens is 298 g/mol. The number of aliphatic hydroxyl groups is 1. The maximum Gasteiger partial charge on any atom is 0.153 e. The summed E-state index contributed by atoms with van der Waals surface area (Å²) in [5.41, 5.74) is 0.200. The molecule has 0 aliphatic carbocycles. The first-order chi connectivity index (χ1) is 9.99. The maximum atomic E-state index is 14.1.